The van der Waals surface area contributed by atoms with Crippen molar-refractivity contribution >= 4 is 21.8 Å². The number of rotatable bonds is 2. The van der Waals surface area contributed by atoms with E-state index < -0.39 is 0 Å². The molecular formula is C13H17BrN2O. The normalized spacial score (nSPS) is 19.7. The molecule has 1 amide bonds. The van der Waals surface area contributed by atoms with Gasteiger partial charge in [0.2, 0.25) is 0 Å². The molecule has 0 unspecified atom stereocenters. The van der Waals surface area contributed by atoms with Gasteiger partial charge in [0.05, 0.1) is 0 Å². The number of halogens is 1. The first-order chi connectivity index (χ1) is 8.13. The molecule has 2 rings (SSSR count). The summed E-state index contributed by atoms with van der Waals surface area (Å²) in [5, 5.41) is 0. The highest BCUT2D eigenvalue weighted by molar-refractivity contribution is 9.10. The Bertz CT molecular complexity index is 433. The molecule has 1 aliphatic heterocycles. The molecule has 0 bridgehead atoms. The average Bonchev–Trinajstić information content (AvgIpc) is 2.76. The van der Waals surface area contributed by atoms with E-state index in [9.17, 15) is 4.79 Å². The molecule has 0 spiro atoms. The lowest BCUT2D eigenvalue weighted by Crippen LogP contribution is -2.40. The molecule has 1 aromatic carbocycles. The number of carbonyl (C=O) groups is 1. The van der Waals surface area contributed by atoms with E-state index in [2.05, 4.69) is 15.9 Å². The smallest absolute Gasteiger partial charge is 0.254 e. The van der Waals surface area contributed by atoms with Gasteiger partial charge >= 0.3 is 0 Å². The Morgan fingerprint density at radius 3 is 3.00 bits per heavy atom. The Labute approximate surface area is 110 Å². The van der Waals surface area contributed by atoms with Crippen LogP contribution in [0.1, 0.15) is 28.8 Å². The molecular weight excluding hydrogens is 280 g/mol. The summed E-state index contributed by atoms with van der Waals surface area (Å²) < 4.78 is 1.00. The van der Waals surface area contributed by atoms with Crippen molar-refractivity contribution in [2.75, 3.05) is 13.1 Å². The second-order valence-electron chi connectivity index (χ2n) is 4.49. The third-order valence-corrected chi connectivity index (χ3v) is 3.82. The molecule has 2 N–H and O–H groups in total. The lowest BCUT2D eigenvalue weighted by atomic mass is 10.1. The molecule has 0 saturated carbocycles. The average molecular weight is 297 g/mol. The monoisotopic (exact) mass is 296 g/mol. The molecule has 1 atom stereocenters. The number of benzene rings is 1. The Morgan fingerprint density at radius 1 is 1.59 bits per heavy atom. The number of aryl methyl sites for hydroxylation is 1. The van der Waals surface area contributed by atoms with Crippen LogP contribution in [0.5, 0.6) is 0 Å². The van der Waals surface area contributed by atoms with E-state index in [1.807, 2.05) is 30.0 Å². The largest absolute Gasteiger partial charge is 0.334 e. The van der Waals surface area contributed by atoms with Crippen LogP contribution in [0.15, 0.2) is 22.7 Å². The predicted octanol–water partition coefficient (Wildman–Crippen LogP) is 2.32. The van der Waals surface area contributed by atoms with E-state index >= 15 is 0 Å². The van der Waals surface area contributed by atoms with Crippen molar-refractivity contribution < 1.29 is 4.79 Å². The maximum atomic E-state index is 12.4. The zero-order valence-corrected chi connectivity index (χ0v) is 11.5. The van der Waals surface area contributed by atoms with Crippen molar-refractivity contribution in [2.24, 2.45) is 5.73 Å². The van der Waals surface area contributed by atoms with Crippen LogP contribution in [-0.4, -0.2) is 29.9 Å². The van der Waals surface area contributed by atoms with E-state index in [-0.39, 0.29) is 11.9 Å². The van der Waals surface area contributed by atoms with E-state index in [0.717, 1.165) is 35.0 Å². The van der Waals surface area contributed by atoms with Gasteiger partial charge in [0.25, 0.3) is 5.91 Å². The number of hydrogen-bond donors (Lipinski definition) is 1. The third-order valence-electron chi connectivity index (χ3n) is 3.33. The fraction of sp³-hybridized carbons (Fsp3) is 0.462. The summed E-state index contributed by atoms with van der Waals surface area (Å²) >= 11 is 3.41. The van der Waals surface area contributed by atoms with Crippen LogP contribution >= 0.6 is 15.9 Å². The van der Waals surface area contributed by atoms with Crippen LogP contribution in [0.25, 0.3) is 0 Å². The zero-order valence-electron chi connectivity index (χ0n) is 9.95. The fourth-order valence-electron chi connectivity index (χ4n) is 2.37. The Kier molecular flexibility index (Phi) is 3.84. The summed E-state index contributed by atoms with van der Waals surface area (Å²) in [4.78, 5) is 14.3. The van der Waals surface area contributed by atoms with Gasteiger partial charge in [-0.1, -0.05) is 15.9 Å². The SMILES string of the molecule is Cc1cc(Br)ccc1C(=O)N1CCC[C@H]1CN. The lowest BCUT2D eigenvalue weighted by molar-refractivity contribution is 0.0740. The van der Waals surface area contributed by atoms with Crippen molar-refractivity contribution in [1.29, 1.82) is 0 Å². The number of likely N-dealkylation sites (tertiary alicyclic amines) is 1. The minimum absolute atomic E-state index is 0.114. The zero-order chi connectivity index (χ0) is 12.4. The highest BCUT2D eigenvalue weighted by atomic mass is 79.9. The first-order valence-electron chi connectivity index (χ1n) is 5.90. The summed E-state index contributed by atoms with van der Waals surface area (Å²) in [6.07, 6.45) is 2.08. The van der Waals surface area contributed by atoms with Crippen LogP contribution < -0.4 is 5.73 Å². The number of amides is 1. The summed E-state index contributed by atoms with van der Waals surface area (Å²) in [7, 11) is 0. The van der Waals surface area contributed by atoms with Crippen molar-refractivity contribution in [3.63, 3.8) is 0 Å². The van der Waals surface area contributed by atoms with Crippen LogP contribution in [0.2, 0.25) is 0 Å². The first kappa shape index (κ1) is 12.6. The number of nitrogens with two attached hydrogens (primary N) is 1. The van der Waals surface area contributed by atoms with Crippen molar-refractivity contribution in [3.05, 3.63) is 33.8 Å². The summed E-state index contributed by atoms with van der Waals surface area (Å²) in [6.45, 7) is 3.35. The summed E-state index contributed by atoms with van der Waals surface area (Å²) in [5.41, 5.74) is 7.49. The molecule has 0 aliphatic carbocycles. The fourth-order valence-corrected chi connectivity index (χ4v) is 2.85. The second kappa shape index (κ2) is 5.19. The topological polar surface area (TPSA) is 46.3 Å². The van der Waals surface area contributed by atoms with Crippen LogP contribution in [0.4, 0.5) is 0 Å². The molecule has 1 saturated heterocycles. The van der Waals surface area contributed by atoms with Crippen LogP contribution in [0, 0.1) is 6.92 Å². The second-order valence-corrected chi connectivity index (χ2v) is 5.41. The van der Waals surface area contributed by atoms with E-state index in [1.54, 1.807) is 0 Å². The molecule has 1 heterocycles. The Balaban J connectivity index is 2.24. The van der Waals surface area contributed by atoms with Gasteiger partial charge in [-0.15, -0.1) is 0 Å². The summed E-state index contributed by atoms with van der Waals surface area (Å²) in [6, 6.07) is 5.98. The van der Waals surface area contributed by atoms with Gasteiger partial charge < -0.3 is 10.6 Å². The number of hydrogen-bond acceptors (Lipinski definition) is 2. The molecule has 1 aliphatic rings. The van der Waals surface area contributed by atoms with Gasteiger partial charge in [-0.2, -0.15) is 0 Å². The van der Waals surface area contributed by atoms with Crippen LogP contribution in [-0.2, 0) is 0 Å². The van der Waals surface area contributed by atoms with Crippen molar-refractivity contribution in [3.8, 4) is 0 Å². The quantitative estimate of drug-likeness (QED) is 0.910. The van der Waals surface area contributed by atoms with Gasteiger partial charge in [0.1, 0.15) is 0 Å². The van der Waals surface area contributed by atoms with Gasteiger partial charge in [-0.05, 0) is 43.5 Å². The number of nitrogens with zero attached hydrogens (tertiary/aromatic N) is 1. The van der Waals surface area contributed by atoms with Crippen molar-refractivity contribution in [1.82, 2.24) is 4.90 Å². The van der Waals surface area contributed by atoms with E-state index in [0.29, 0.717) is 6.54 Å². The van der Waals surface area contributed by atoms with Crippen molar-refractivity contribution in [2.45, 2.75) is 25.8 Å². The maximum absolute atomic E-state index is 12.4. The third kappa shape index (κ3) is 2.53. The lowest BCUT2D eigenvalue weighted by Gasteiger charge is -2.24. The van der Waals surface area contributed by atoms with Gasteiger partial charge in [-0.25, -0.2) is 0 Å². The van der Waals surface area contributed by atoms with Gasteiger partial charge in [-0.3, -0.25) is 4.79 Å². The standard InChI is InChI=1S/C13H17BrN2O/c1-9-7-10(14)4-5-12(9)13(17)16-6-2-3-11(16)8-15/h4-5,7,11H,2-3,6,8,15H2,1H3/t11-/m0/s1. The minimum atomic E-state index is 0.114. The Hall–Kier alpha value is -0.870. The molecule has 1 aromatic rings. The molecule has 17 heavy (non-hydrogen) atoms. The number of carbonyl (C=O) groups excluding carboxylic acids is 1. The Morgan fingerprint density at radius 2 is 2.35 bits per heavy atom. The molecule has 1 fully saturated rings. The highest BCUT2D eigenvalue weighted by Gasteiger charge is 2.28. The van der Waals surface area contributed by atoms with Gasteiger partial charge in [0, 0.05) is 29.2 Å². The molecule has 0 radical (unpaired) electrons. The highest BCUT2D eigenvalue weighted by Crippen LogP contribution is 2.22. The first-order valence-corrected chi connectivity index (χ1v) is 6.70. The van der Waals surface area contributed by atoms with E-state index in [4.69, 9.17) is 5.73 Å². The minimum Gasteiger partial charge on any atom is -0.334 e. The molecule has 4 heteroatoms. The van der Waals surface area contributed by atoms with Gasteiger partial charge in [0.15, 0.2) is 0 Å². The predicted molar refractivity (Wildman–Crippen MR) is 72.0 cm³/mol. The molecule has 92 valence electrons. The molecule has 3 nitrogen and oxygen atoms in total. The molecule has 0 aromatic heterocycles. The maximum Gasteiger partial charge on any atom is 0.254 e. The van der Waals surface area contributed by atoms with E-state index in [1.165, 1.54) is 0 Å². The van der Waals surface area contributed by atoms with Crippen LogP contribution in [0.3, 0.4) is 0 Å². The summed E-state index contributed by atoms with van der Waals surface area (Å²) in [5.74, 6) is 0.114.